The van der Waals surface area contributed by atoms with Crippen LogP contribution in [0, 0.1) is 0 Å². The van der Waals surface area contributed by atoms with E-state index < -0.39 is 0 Å². The van der Waals surface area contributed by atoms with Crippen molar-refractivity contribution in [2.24, 2.45) is 0 Å². The highest BCUT2D eigenvalue weighted by Gasteiger charge is 2.26. The largest absolute Gasteiger partial charge is 0.465 e. The van der Waals surface area contributed by atoms with E-state index in [1.807, 2.05) is 54.3 Å². The lowest BCUT2D eigenvalue weighted by Gasteiger charge is -2.28. The van der Waals surface area contributed by atoms with E-state index in [1.54, 1.807) is 6.92 Å². The Kier molecular flexibility index (Phi) is 5.67. The van der Waals surface area contributed by atoms with Gasteiger partial charge >= 0.3 is 5.97 Å². The van der Waals surface area contributed by atoms with E-state index in [4.69, 9.17) is 4.74 Å². The van der Waals surface area contributed by atoms with Crippen molar-refractivity contribution in [3.63, 3.8) is 0 Å². The number of hydrogen-bond acceptors (Lipinski definition) is 4. The van der Waals surface area contributed by atoms with Crippen LogP contribution in [0.15, 0.2) is 47.6 Å². The molecule has 1 heterocycles. The zero-order valence-corrected chi connectivity index (χ0v) is 13.0. The van der Waals surface area contributed by atoms with E-state index in [2.05, 4.69) is 0 Å². The Balaban J connectivity index is 2.19. The second kappa shape index (κ2) is 7.71. The number of likely N-dealkylation sites (tertiary alicyclic amines) is 1. The number of benzene rings is 1. The van der Waals surface area contributed by atoms with E-state index in [1.165, 1.54) is 0 Å². The quantitative estimate of drug-likeness (QED) is 0.633. The van der Waals surface area contributed by atoms with Gasteiger partial charge in [-0.15, -0.1) is 0 Å². The summed E-state index contributed by atoms with van der Waals surface area (Å²) >= 11 is 0. The molecule has 1 fully saturated rings. The van der Waals surface area contributed by atoms with Gasteiger partial charge in [0, 0.05) is 24.2 Å². The first-order valence-electron chi connectivity index (χ1n) is 7.47. The van der Waals surface area contributed by atoms with Crippen LogP contribution in [0.2, 0.25) is 0 Å². The van der Waals surface area contributed by atoms with Gasteiger partial charge in [0.15, 0.2) is 5.78 Å². The first-order valence-corrected chi connectivity index (χ1v) is 7.47. The van der Waals surface area contributed by atoms with Gasteiger partial charge in [0.05, 0.1) is 13.2 Å². The first-order chi connectivity index (χ1) is 10.6. The van der Waals surface area contributed by atoms with Crippen molar-refractivity contribution in [3.05, 3.63) is 53.1 Å². The Hall–Kier alpha value is -2.20. The number of esters is 1. The summed E-state index contributed by atoms with van der Waals surface area (Å²) in [5, 5.41) is 0. The first kappa shape index (κ1) is 16.2. The Morgan fingerprint density at radius 3 is 2.55 bits per heavy atom. The Morgan fingerprint density at radius 2 is 1.91 bits per heavy atom. The van der Waals surface area contributed by atoms with Gasteiger partial charge in [0.2, 0.25) is 0 Å². The van der Waals surface area contributed by atoms with Crippen molar-refractivity contribution in [2.45, 2.75) is 13.8 Å². The Morgan fingerprint density at radius 1 is 1.23 bits per heavy atom. The maximum absolute atomic E-state index is 12.4. The molecular formula is C18H21NO3. The second-order valence-electron chi connectivity index (χ2n) is 5.17. The van der Waals surface area contributed by atoms with Crippen LogP contribution in [0.5, 0.6) is 0 Å². The molecule has 0 spiro atoms. The van der Waals surface area contributed by atoms with Gasteiger partial charge in [-0.1, -0.05) is 36.4 Å². The van der Waals surface area contributed by atoms with Gasteiger partial charge in [-0.05, 0) is 25.5 Å². The second-order valence-corrected chi connectivity index (χ2v) is 5.17. The molecule has 116 valence electrons. The molecule has 0 saturated carbocycles. The number of carbonyl (C=O) groups excluding carboxylic acids is 2. The summed E-state index contributed by atoms with van der Waals surface area (Å²) in [6.45, 7) is 5.15. The lowest BCUT2D eigenvalue weighted by molar-refractivity contribution is -0.144. The minimum atomic E-state index is -0.258. The number of Topliss-reactive ketones (excluding diaryl/α,β-unsaturated/α-hetero) is 1. The van der Waals surface area contributed by atoms with Crippen molar-refractivity contribution in [1.82, 2.24) is 4.90 Å². The van der Waals surface area contributed by atoms with Crippen LogP contribution in [0.3, 0.4) is 0 Å². The van der Waals surface area contributed by atoms with E-state index in [0.717, 1.165) is 11.1 Å². The summed E-state index contributed by atoms with van der Waals surface area (Å²) in [5.41, 5.74) is 2.41. The van der Waals surface area contributed by atoms with Gasteiger partial charge < -0.3 is 4.74 Å². The van der Waals surface area contributed by atoms with Crippen LogP contribution < -0.4 is 0 Å². The van der Waals surface area contributed by atoms with Gasteiger partial charge in [0.1, 0.15) is 0 Å². The molecule has 4 heteroatoms. The lowest BCUT2D eigenvalue weighted by Crippen LogP contribution is -2.41. The Labute approximate surface area is 131 Å². The van der Waals surface area contributed by atoms with Gasteiger partial charge in [0.25, 0.3) is 0 Å². The fraction of sp³-hybridized carbons (Fsp3) is 0.333. The van der Waals surface area contributed by atoms with E-state index in [-0.39, 0.29) is 18.3 Å². The summed E-state index contributed by atoms with van der Waals surface area (Å²) in [4.78, 5) is 26.0. The molecule has 1 aliphatic rings. The smallest absolute Gasteiger partial charge is 0.320 e. The summed E-state index contributed by atoms with van der Waals surface area (Å²) in [6, 6.07) is 9.73. The number of ketones is 1. The molecule has 2 rings (SSSR count). The SMILES string of the molecule is C/C=C1\CN(CC(=O)OCC)C/C(=C\c2ccccc2)C1=O. The lowest BCUT2D eigenvalue weighted by atomic mass is 9.95. The van der Waals surface area contributed by atoms with Crippen molar-refractivity contribution < 1.29 is 14.3 Å². The molecule has 0 unspecified atom stereocenters. The molecule has 1 aliphatic heterocycles. The third-order valence-electron chi connectivity index (χ3n) is 3.52. The van der Waals surface area contributed by atoms with Crippen LogP contribution in [0.1, 0.15) is 19.4 Å². The Bertz CT molecular complexity index is 602. The van der Waals surface area contributed by atoms with Crippen LogP contribution in [-0.4, -0.2) is 42.9 Å². The third-order valence-corrected chi connectivity index (χ3v) is 3.52. The predicted octanol–water partition coefficient (Wildman–Crippen LogP) is 2.46. The van der Waals surface area contributed by atoms with E-state index in [9.17, 15) is 9.59 Å². The predicted molar refractivity (Wildman–Crippen MR) is 86.3 cm³/mol. The van der Waals surface area contributed by atoms with Crippen molar-refractivity contribution in [3.8, 4) is 0 Å². The fourth-order valence-corrected chi connectivity index (χ4v) is 2.47. The molecule has 1 aromatic carbocycles. The van der Waals surface area contributed by atoms with Crippen LogP contribution in [0.25, 0.3) is 6.08 Å². The number of carbonyl (C=O) groups is 2. The fourth-order valence-electron chi connectivity index (χ4n) is 2.47. The van der Waals surface area contributed by atoms with Crippen LogP contribution >= 0.6 is 0 Å². The summed E-state index contributed by atoms with van der Waals surface area (Å²) < 4.78 is 4.99. The molecule has 1 saturated heterocycles. The minimum absolute atomic E-state index is 0.0615. The van der Waals surface area contributed by atoms with Gasteiger partial charge in [-0.25, -0.2) is 0 Å². The third kappa shape index (κ3) is 4.15. The number of hydrogen-bond donors (Lipinski definition) is 0. The summed E-state index contributed by atoms with van der Waals surface area (Å²) in [6.07, 6.45) is 3.71. The molecular weight excluding hydrogens is 278 g/mol. The van der Waals surface area contributed by atoms with Crippen molar-refractivity contribution in [2.75, 3.05) is 26.2 Å². The van der Waals surface area contributed by atoms with Crippen molar-refractivity contribution in [1.29, 1.82) is 0 Å². The number of nitrogens with zero attached hydrogens (tertiary/aromatic N) is 1. The van der Waals surface area contributed by atoms with Crippen LogP contribution in [-0.2, 0) is 14.3 Å². The van der Waals surface area contributed by atoms with Gasteiger partial charge in [-0.3, -0.25) is 14.5 Å². The minimum Gasteiger partial charge on any atom is -0.465 e. The number of ether oxygens (including phenoxy) is 1. The normalized spacial score (nSPS) is 19.6. The van der Waals surface area contributed by atoms with Crippen molar-refractivity contribution >= 4 is 17.8 Å². The number of rotatable bonds is 4. The molecule has 0 aromatic heterocycles. The number of allylic oxidation sites excluding steroid dienone is 1. The number of piperidine rings is 1. The zero-order chi connectivity index (χ0) is 15.9. The highest BCUT2D eigenvalue weighted by atomic mass is 16.5. The zero-order valence-electron chi connectivity index (χ0n) is 13.0. The summed E-state index contributed by atoms with van der Waals surface area (Å²) in [5.74, 6) is -0.196. The summed E-state index contributed by atoms with van der Waals surface area (Å²) in [7, 11) is 0. The van der Waals surface area contributed by atoms with E-state index in [0.29, 0.717) is 25.3 Å². The monoisotopic (exact) mass is 299 g/mol. The average molecular weight is 299 g/mol. The highest BCUT2D eigenvalue weighted by Crippen LogP contribution is 2.19. The highest BCUT2D eigenvalue weighted by molar-refractivity contribution is 6.12. The average Bonchev–Trinajstić information content (AvgIpc) is 2.51. The molecule has 0 radical (unpaired) electrons. The molecule has 0 amide bonds. The molecule has 0 atom stereocenters. The molecule has 0 aliphatic carbocycles. The molecule has 0 bridgehead atoms. The standard InChI is InChI=1S/C18H21NO3/c1-3-15-11-19(13-17(20)22-4-2)12-16(18(15)21)10-14-8-6-5-7-9-14/h3,5-10H,4,11-13H2,1-2H3/b15-3+,16-10+. The molecule has 4 nitrogen and oxygen atoms in total. The molecule has 1 aromatic rings. The maximum Gasteiger partial charge on any atom is 0.320 e. The molecule has 22 heavy (non-hydrogen) atoms. The topological polar surface area (TPSA) is 46.6 Å². The molecule has 0 N–H and O–H groups in total. The van der Waals surface area contributed by atoms with E-state index >= 15 is 0 Å². The van der Waals surface area contributed by atoms with Gasteiger partial charge in [-0.2, -0.15) is 0 Å². The maximum atomic E-state index is 12.4. The van der Waals surface area contributed by atoms with Crippen LogP contribution in [0.4, 0.5) is 0 Å².